The minimum Gasteiger partial charge on any atom is -0.338 e. The lowest BCUT2D eigenvalue weighted by Gasteiger charge is -2.09. The van der Waals surface area contributed by atoms with Gasteiger partial charge in [-0.1, -0.05) is 11.6 Å². The van der Waals surface area contributed by atoms with E-state index in [1.165, 1.54) is 0 Å². The molecule has 0 aliphatic heterocycles. The molecule has 2 rings (SSSR count). The van der Waals surface area contributed by atoms with Crippen molar-refractivity contribution in [1.29, 1.82) is 0 Å². The summed E-state index contributed by atoms with van der Waals surface area (Å²) in [4.78, 5) is 19.1. The second-order valence-corrected chi connectivity index (χ2v) is 4.48. The minimum atomic E-state index is -0.113. The van der Waals surface area contributed by atoms with E-state index in [4.69, 9.17) is 11.6 Å². The van der Waals surface area contributed by atoms with Crippen LogP contribution in [0.25, 0.3) is 10.9 Å². The van der Waals surface area contributed by atoms with Crippen LogP contribution >= 0.6 is 11.6 Å². The van der Waals surface area contributed by atoms with Gasteiger partial charge in [-0.3, -0.25) is 4.79 Å². The van der Waals surface area contributed by atoms with Gasteiger partial charge in [0.1, 0.15) is 6.04 Å². The molecule has 0 bridgehead atoms. The second kappa shape index (κ2) is 4.85. The molecular weight excluding hydrogens is 238 g/mol. The molecule has 0 spiro atoms. The summed E-state index contributed by atoms with van der Waals surface area (Å²) in [5.41, 5.74) is 0.533. The molecule has 0 aliphatic rings. The van der Waals surface area contributed by atoms with Crippen LogP contribution in [0, 0.1) is 0 Å². The van der Waals surface area contributed by atoms with Gasteiger partial charge in [0.2, 0.25) is 0 Å². The van der Waals surface area contributed by atoms with Gasteiger partial charge in [0.05, 0.1) is 17.4 Å². The zero-order valence-corrected chi connectivity index (χ0v) is 10.6. The maximum Gasteiger partial charge on any atom is 0.258 e. The van der Waals surface area contributed by atoms with E-state index in [0.29, 0.717) is 21.7 Å². The molecule has 90 valence electrons. The number of nitrogens with two attached hydrogens (primary N) is 1. The number of aromatic nitrogens is 2. The van der Waals surface area contributed by atoms with Gasteiger partial charge in [-0.15, -0.1) is 0 Å². The van der Waals surface area contributed by atoms with Crippen LogP contribution < -0.4 is 10.9 Å². The van der Waals surface area contributed by atoms with Crippen molar-refractivity contribution in [3.8, 4) is 0 Å². The molecule has 0 radical (unpaired) electrons. The highest BCUT2D eigenvalue weighted by Gasteiger charge is 2.12. The normalized spacial score (nSPS) is 12.9. The first kappa shape index (κ1) is 12.1. The Morgan fingerprint density at radius 3 is 3.00 bits per heavy atom. The first-order valence-corrected chi connectivity index (χ1v) is 6.02. The molecule has 2 aromatic rings. The molecule has 0 amide bonds. The van der Waals surface area contributed by atoms with Gasteiger partial charge in [0.25, 0.3) is 5.56 Å². The molecule has 3 N–H and O–H groups in total. The van der Waals surface area contributed by atoms with Crippen LogP contribution in [0.3, 0.4) is 0 Å². The molecule has 1 atom stereocenters. The molecule has 1 aromatic carbocycles. The highest BCUT2D eigenvalue weighted by Crippen LogP contribution is 2.15. The number of rotatable bonds is 3. The average molecular weight is 253 g/mol. The predicted molar refractivity (Wildman–Crippen MR) is 68.3 cm³/mol. The fourth-order valence-electron chi connectivity index (χ4n) is 1.81. The number of fused-ring (bicyclic) bond motifs is 1. The number of halogens is 1. The van der Waals surface area contributed by atoms with Crippen molar-refractivity contribution in [1.82, 2.24) is 9.97 Å². The minimum absolute atomic E-state index is 0.113. The van der Waals surface area contributed by atoms with Crippen LogP contribution in [0.1, 0.15) is 25.7 Å². The summed E-state index contributed by atoms with van der Waals surface area (Å²) >= 11 is 5.90. The van der Waals surface area contributed by atoms with E-state index in [0.717, 1.165) is 6.54 Å². The van der Waals surface area contributed by atoms with Crippen molar-refractivity contribution in [3.63, 3.8) is 0 Å². The Kier molecular flexibility index (Phi) is 3.45. The van der Waals surface area contributed by atoms with E-state index in [1.54, 1.807) is 18.2 Å². The Morgan fingerprint density at radius 2 is 2.29 bits per heavy atom. The monoisotopic (exact) mass is 252 g/mol. The first-order valence-electron chi connectivity index (χ1n) is 5.64. The van der Waals surface area contributed by atoms with E-state index < -0.39 is 0 Å². The summed E-state index contributed by atoms with van der Waals surface area (Å²) in [5, 5.41) is 3.27. The Morgan fingerprint density at radius 1 is 1.53 bits per heavy atom. The molecule has 0 saturated heterocycles. The maximum atomic E-state index is 11.9. The first-order chi connectivity index (χ1) is 8.11. The third-order valence-corrected chi connectivity index (χ3v) is 2.94. The highest BCUT2D eigenvalue weighted by atomic mass is 35.5. The Balaban J connectivity index is 2.57. The Bertz CT molecular complexity index is 594. The summed E-state index contributed by atoms with van der Waals surface area (Å²) in [6.07, 6.45) is 0. The molecule has 0 saturated carbocycles. The lowest BCUT2D eigenvalue weighted by Crippen LogP contribution is -2.84. The van der Waals surface area contributed by atoms with Gasteiger partial charge in [-0.25, -0.2) is 4.98 Å². The van der Waals surface area contributed by atoms with Gasteiger partial charge >= 0.3 is 0 Å². The van der Waals surface area contributed by atoms with Crippen molar-refractivity contribution in [3.05, 3.63) is 39.4 Å². The lowest BCUT2D eigenvalue weighted by molar-refractivity contribution is -0.691. The smallest absolute Gasteiger partial charge is 0.258 e. The van der Waals surface area contributed by atoms with Gasteiger partial charge < -0.3 is 10.3 Å². The number of nitrogens with one attached hydrogen (secondary N) is 1. The SMILES string of the molecule is CC[NH2+][C@@H](C)c1nc2cc(Cl)ccc2c(=O)[nH]1. The van der Waals surface area contributed by atoms with Gasteiger partial charge in [-0.05, 0) is 32.0 Å². The van der Waals surface area contributed by atoms with Crippen LogP contribution in [0.2, 0.25) is 5.02 Å². The van der Waals surface area contributed by atoms with Crippen LogP contribution in [-0.2, 0) is 0 Å². The third kappa shape index (κ3) is 2.48. The number of quaternary nitrogens is 1. The van der Waals surface area contributed by atoms with Crippen molar-refractivity contribution >= 4 is 22.5 Å². The molecule has 1 heterocycles. The van der Waals surface area contributed by atoms with E-state index in [2.05, 4.69) is 22.2 Å². The standard InChI is InChI=1S/C12H14ClN3O/c1-3-14-7(2)11-15-10-6-8(13)4-5-9(10)12(17)16-11/h4-7,14H,3H2,1-2H3,(H,15,16,17)/p+1/t7-/m0/s1. The number of benzene rings is 1. The molecule has 4 nitrogen and oxygen atoms in total. The van der Waals surface area contributed by atoms with Crippen molar-refractivity contribution in [2.24, 2.45) is 0 Å². The third-order valence-electron chi connectivity index (χ3n) is 2.71. The summed E-state index contributed by atoms with van der Waals surface area (Å²) < 4.78 is 0. The number of hydrogen-bond donors (Lipinski definition) is 2. The van der Waals surface area contributed by atoms with Gasteiger partial charge in [0.15, 0.2) is 5.82 Å². The van der Waals surface area contributed by atoms with Crippen LogP contribution in [0.5, 0.6) is 0 Å². The molecule has 5 heteroatoms. The number of H-pyrrole nitrogens is 1. The Labute approximate surface area is 104 Å². The number of aromatic amines is 1. The number of hydrogen-bond acceptors (Lipinski definition) is 2. The topological polar surface area (TPSA) is 62.4 Å². The molecule has 0 unspecified atom stereocenters. The van der Waals surface area contributed by atoms with Gasteiger partial charge in [0, 0.05) is 5.02 Å². The molecule has 1 aromatic heterocycles. The van der Waals surface area contributed by atoms with E-state index in [-0.39, 0.29) is 11.6 Å². The zero-order chi connectivity index (χ0) is 12.4. The molecular formula is C12H15ClN3O+. The summed E-state index contributed by atoms with van der Waals surface area (Å²) in [6, 6.07) is 5.24. The summed E-state index contributed by atoms with van der Waals surface area (Å²) in [7, 11) is 0. The van der Waals surface area contributed by atoms with Gasteiger partial charge in [-0.2, -0.15) is 0 Å². The van der Waals surface area contributed by atoms with Crippen molar-refractivity contribution < 1.29 is 5.32 Å². The largest absolute Gasteiger partial charge is 0.338 e. The molecule has 0 fully saturated rings. The fourth-order valence-corrected chi connectivity index (χ4v) is 1.98. The molecule has 0 aliphatic carbocycles. The summed E-state index contributed by atoms with van der Waals surface area (Å²) in [5.74, 6) is 0.687. The van der Waals surface area contributed by atoms with Crippen LogP contribution in [-0.4, -0.2) is 16.5 Å². The summed E-state index contributed by atoms with van der Waals surface area (Å²) in [6.45, 7) is 5.02. The average Bonchev–Trinajstić information content (AvgIpc) is 2.28. The number of nitrogens with zero attached hydrogens (tertiary/aromatic N) is 1. The van der Waals surface area contributed by atoms with E-state index in [1.807, 2.05) is 6.92 Å². The quantitative estimate of drug-likeness (QED) is 0.863. The maximum absolute atomic E-state index is 11.9. The van der Waals surface area contributed by atoms with Crippen LogP contribution in [0.15, 0.2) is 23.0 Å². The van der Waals surface area contributed by atoms with E-state index >= 15 is 0 Å². The highest BCUT2D eigenvalue weighted by molar-refractivity contribution is 6.31. The van der Waals surface area contributed by atoms with Crippen molar-refractivity contribution in [2.75, 3.05) is 6.54 Å². The Hall–Kier alpha value is -1.39. The van der Waals surface area contributed by atoms with Crippen LogP contribution in [0.4, 0.5) is 0 Å². The molecule has 17 heavy (non-hydrogen) atoms. The fraction of sp³-hybridized carbons (Fsp3) is 0.333. The zero-order valence-electron chi connectivity index (χ0n) is 9.83. The van der Waals surface area contributed by atoms with Crippen molar-refractivity contribution in [2.45, 2.75) is 19.9 Å². The van der Waals surface area contributed by atoms with E-state index in [9.17, 15) is 4.79 Å². The predicted octanol–water partition coefficient (Wildman–Crippen LogP) is 1.22. The second-order valence-electron chi connectivity index (χ2n) is 4.05. The lowest BCUT2D eigenvalue weighted by atomic mass is 10.2.